The molecular formula is C46H83N3O12P2. The Morgan fingerprint density at radius 1 is 0.571 bits per heavy atom. The molecule has 2 N–H and O–H groups in total. The van der Waals surface area contributed by atoms with Gasteiger partial charge in [0.25, 0.3) is 0 Å². The van der Waals surface area contributed by atoms with Crippen LogP contribution in [0.5, 0.6) is 11.5 Å². The van der Waals surface area contributed by atoms with E-state index in [0.717, 1.165) is 24.0 Å². The van der Waals surface area contributed by atoms with Crippen molar-refractivity contribution in [3.05, 3.63) is 59.7 Å². The second kappa shape index (κ2) is 27.0. The average Bonchev–Trinajstić information content (AvgIpc) is 3.12. The molecule has 0 aliphatic heterocycles. The summed E-state index contributed by atoms with van der Waals surface area (Å²) in [6.07, 6.45) is 2.03. The molecule has 0 saturated carbocycles. The lowest BCUT2D eigenvalue weighted by Gasteiger charge is -2.41. The van der Waals surface area contributed by atoms with Gasteiger partial charge in [-0.2, -0.15) is 0 Å². The van der Waals surface area contributed by atoms with Gasteiger partial charge in [0.15, 0.2) is 13.6 Å². The monoisotopic (exact) mass is 932 g/mol. The highest BCUT2D eigenvalue weighted by Crippen LogP contribution is 2.57. The maximum Gasteiger partial charge on any atom is 0.345 e. The number of unbranched alkanes of at least 4 members (excludes halogenated alkanes) is 1. The van der Waals surface area contributed by atoms with Gasteiger partial charge in [-0.15, -0.1) is 0 Å². The van der Waals surface area contributed by atoms with Crippen LogP contribution in [0.1, 0.15) is 113 Å². The summed E-state index contributed by atoms with van der Waals surface area (Å²) in [6, 6.07) is 15.1. The molecule has 364 valence electrons. The van der Waals surface area contributed by atoms with Gasteiger partial charge in [0.05, 0.1) is 48.8 Å². The number of nitrogens with zero attached hydrogens (tertiary/aromatic N) is 2. The Labute approximate surface area is 380 Å². The average molecular weight is 932 g/mol. The summed E-state index contributed by atoms with van der Waals surface area (Å²) in [7, 11) is -4.50. The van der Waals surface area contributed by atoms with Gasteiger partial charge in [-0.05, 0) is 115 Å². The van der Waals surface area contributed by atoms with Gasteiger partial charge < -0.3 is 52.2 Å². The number of methoxy groups -OCH3 is 2. The summed E-state index contributed by atoms with van der Waals surface area (Å²) < 4.78 is 90.0. The molecule has 0 fully saturated rings. The van der Waals surface area contributed by atoms with E-state index in [9.17, 15) is 0 Å². The largest absolute Gasteiger partial charge is 0.467 e. The lowest BCUT2D eigenvalue weighted by atomic mass is 10.1. The molecule has 0 aromatic heterocycles. The first-order valence-corrected chi connectivity index (χ1v) is 25.5. The van der Waals surface area contributed by atoms with Crippen molar-refractivity contribution in [1.29, 1.82) is 0 Å². The van der Waals surface area contributed by atoms with E-state index in [1.807, 2.05) is 132 Å². The Hall–Kier alpha value is -1.94. The van der Waals surface area contributed by atoms with E-state index in [1.165, 1.54) is 0 Å². The molecule has 2 aromatic rings. The van der Waals surface area contributed by atoms with Crippen LogP contribution >= 0.6 is 15.2 Å². The summed E-state index contributed by atoms with van der Waals surface area (Å²) >= 11 is 0. The number of hydrogen-bond donors (Lipinski definition) is 1. The summed E-state index contributed by atoms with van der Waals surface area (Å²) in [5.41, 5.74) is 4.58. The molecule has 17 heteroatoms. The van der Waals surface area contributed by atoms with E-state index >= 15 is 9.13 Å². The van der Waals surface area contributed by atoms with Crippen LogP contribution in [0.4, 0.5) is 0 Å². The van der Waals surface area contributed by atoms with Crippen molar-refractivity contribution < 1.29 is 55.6 Å². The second-order valence-corrected chi connectivity index (χ2v) is 23.3. The molecule has 15 nitrogen and oxygen atoms in total. The number of ether oxygens (including phenoxy) is 6. The van der Waals surface area contributed by atoms with Crippen LogP contribution in [0.25, 0.3) is 0 Å². The Morgan fingerprint density at radius 2 is 0.984 bits per heavy atom. The van der Waals surface area contributed by atoms with Crippen molar-refractivity contribution in [2.45, 2.75) is 144 Å². The van der Waals surface area contributed by atoms with E-state index in [0.29, 0.717) is 70.5 Å². The van der Waals surface area contributed by atoms with Crippen LogP contribution in [0.2, 0.25) is 0 Å². The van der Waals surface area contributed by atoms with Gasteiger partial charge in [0, 0.05) is 51.0 Å². The molecule has 0 aliphatic rings. The smallest absolute Gasteiger partial charge is 0.345 e. The Morgan fingerprint density at radius 3 is 1.40 bits per heavy atom. The standard InChI is InChI=1S/C46H83N3O12P2/c1-43(2,3)58-62(50,59-44(4,5)6)34-48(31-38-21-15-17-24-41(38)56-36-54-29-27-52-13)33-40(23-19-20-26-47)49(35-63(51,60-45(7,8)9)61-46(10,11)12)32-39-22-16-18-25-42(39)57-37-55-30-28-53-14/h15-18,21-22,24-25,40H,19-20,23,26-37,47H2,1-14H3/t40-/m0/s1. The molecule has 0 amide bonds. The van der Waals surface area contributed by atoms with Crippen LogP contribution in [0.15, 0.2) is 48.5 Å². The number of benzene rings is 2. The van der Waals surface area contributed by atoms with Gasteiger partial charge in [0.2, 0.25) is 0 Å². The normalized spacial score (nSPS) is 13.9. The van der Waals surface area contributed by atoms with Crippen LogP contribution in [0, 0.1) is 0 Å². The Balaban J connectivity index is 2.86. The minimum atomic E-state index is -3.88. The third kappa shape index (κ3) is 25.5. The first kappa shape index (κ1) is 57.2. The van der Waals surface area contributed by atoms with Crippen molar-refractivity contribution >= 4 is 15.2 Å². The van der Waals surface area contributed by atoms with Gasteiger partial charge in [-0.25, -0.2) is 0 Å². The Kier molecular flexibility index (Phi) is 24.5. The highest BCUT2D eigenvalue weighted by molar-refractivity contribution is 7.54. The second-order valence-electron chi connectivity index (χ2n) is 19.6. The molecule has 2 rings (SSSR count). The minimum Gasteiger partial charge on any atom is -0.467 e. The quantitative estimate of drug-likeness (QED) is 0.0432. The lowest BCUT2D eigenvalue weighted by molar-refractivity contribution is -0.00962. The first-order chi connectivity index (χ1) is 29.3. The SMILES string of the molecule is COCCOCOc1ccccc1CN(C[C@H](CCCCN)N(Cc1ccccc1OCOCCOC)CP(=O)(OC(C)(C)C)OC(C)(C)C)CP(=O)(OC(C)(C)C)OC(C)(C)C. The number of para-hydroxylation sites is 2. The van der Waals surface area contributed by atoms with E-state index in [4.69, 9.17) is 52.2 Å². The van der Waals surface area contributed by atoms with Crippen LogP contribution in [0.3, 0.4) is 0 Å². The minimum absolute atomic E-state index is 0.0165. The molecular weight excluding hydrogens is 848 g/mol. The van der Waals surface area contributed by atoms with Crippen molar-refractivity contribution in [3.63, 3.8) is 0 Å². The maximum atomic E-state index is 15.3. The highest BCUT2D eigenvalue weighted by Gasteiger charge is 2.41. The molecule has 1 atom stereocenters. The zero-order chi connectivity index (χ0) is 47.4. The summed E-state index contributed by atoms with van der Waals surface area (Å²) in [5.74, 6) is 1.22. The highest BCUT2D eigenvalue weighted by atomic mass is 31.2. The van der Waals surface area contributed by atoms with Gasteiger partial charge in [0.1, 0.15) is 24.1 Å². The molecule has 0 bridgehead atoms. The molecule has 0 spiro atoms. The van der Waals surface area contributed by atoms with Crippen LogP contribution in [-0.2, 0) is 59.3 Å². The predicted octanol–water partition coefficient (Wildman–Crippen LogP) is 10.0. The van der Waals surface area contributed by atoms with Crippen molar-refractivity contribution in [3.8, 4) is 11.5 Å². The van der Waals surface area contributed by atoms with Crippen molar-refractivity contribution in [2.75, 3.05) is 79.9 Å². The van der Waals surface area contributed by atoms with Gasteiger partial charge >= 0.3 is 15.2 Å². The molecule has 0 heterocycles. The van der Waals surface area contributed by atoms with E-state index in [-0.39, 0.29) is 32.2 Å². The molecule has 63 heavy (non-hydrogen) atoms. The maximum absolute atomic E-state index is 15.3. The van der Waals surface area contributed by atoms with Gasteiger partial charge in [-0.3, -0.25) is 18.9 Å². The fourth-order valence-corrected chi connectivity index (χ4v) is 11.7. The number of hydrogen-bond acceptors (Lipinski definition) is 15. The third-order valence-corrected chi connectivity index (χ3v) is 13.3. The number of nitrogens with two attached hydrogens (primary N) is 1. The van der Waals surface area contributed by atoms with Crippen molar-refractivity contribution in [2.24, 2.45) is 5.73 Å². The van der Waals surface area contributed by atoms with E-state index in [2.05, 4.69) is 9.80 Å². The zero-order valence-electron chi connectivity index (χ0n) is 41.1. The van der Waals surface area contributed by atoms with Crippen LogP contribution in [-0.4, -0.2) is 118 Å². The first-order valence-electron chi connectivity index (χ1n) is 22.0. The molecule has 0 aliphatic carbocycles. The van der Waals surface area contributed by atoms with E-state index in [1.54, 1.807) is 14.2 Å². The van der Waals surface area contributed by atoms with Gasteiger partial charge in [-0.1, -0.05) is 42.8 Å². The summed E-state index contributed by atoms with van der Waals surface area (Å²) in [4.78, 5) is 4.22. The Bertz CT molecular complexity index is 1630. The van der Waals surface area contributed by atoms with E-state index < -0.39 is 37.6 Å². The number of rotatable bonds is 31. The topological polar surface area (TPSA) is 159 Å². The molecule has 0 unspecified atom stereocenters. The predicted molar refractivity (Wildman–Crippen MR) is 250 cm³/mol. The van der Waals surface area contributed by atoms with Crippen LogP contribution < -0.4 is 15.2 Å². The molecule has 2 aromatic carbocycles. The zero-order valence-corrected chi connectivity index (χ0v) is 42.9. The lowest BCUT2D eigenvalue weighted by Crippen LogP contribution is -2.45. The summed E-state index contributed by atoms with van der Waals surface area (Å²) in [6.45, 7) is 25.5. The molecule has 0 radical (unpaired) electrons. The fourth-order valence-electron chi connectivity index (χ4n) is 6.59. The summed E-state index contributed by atoms with van der Waals surface area (Å²) in [5, 5.41) is 0. The fraction of sp³-hybridized carbons (Fsp3) is 0.739. The van der Waals surface area contributed by atoms with Crippen molar-refractivity contribution in [1.82, 2.24) is 9.80 Å². The third-order valence-electron chi connectivity index (χ3n) is 8.53. The molecule has 0 saturated heterocycles.